The van der Waals surface area contributed by atoms with Gasteiger partial charge in [0.15, 0.2) is 11.2 Å². The molecular weight excluding hydrogens is 290 g/mol. The molecule has 0 atom stereocenters. The van der Waals surface area contributed by atoms with Gasteiger partial charge >= 0.3 is 5.97 Å². The first-order valence-corrected chi connectivity index (χ1v) is 6.52. The van der Waals surface area contributed by atoms with Gasteiger partial charge in [0.1, 0.15) is 11.4 Å². The maximum absolute atomic E-state index is 10.5. The maximum Gasteiger partial charge on any atom is 0.303 e. The molecule has 3 aromatic rings. The number of carboxylic acid groups (broad SMARTS) is 1. The highest BCUT2D eigenvalue weighted by atomic mass is 16.5. The number of nitrogens with zero attached hydrogens (tertiary/aromatic N) is 3. The summed E-state index contributed by atoms with van der Waals surface area (Å²) in [6, 6.07) is 3.40. The summed E-state index contributed by atoms with van der Waals surface area (Å²) >= 11 is 0. The molecule has 3 rings (SSSR count). The van der Waals surface area contributed by atoms with Crippen LogP contribution in [0.25, 0.3) is 32.4 Å². The van der Waals surface area contributed by atoms with E-state index in [1.54, 1.807) is 12.1 Å². The fraction of sp³-hybridized carbons (Fsp3) is 0.214. The van der Waals surface area contributed by atoms with Crippen LogP contribution < -0.4 is 4.74 Å². The van der Waals surface area contributed by atoms with E-state index < -0.39 is 5.97 Å². The van der Waals surface area contributed by atoms with E-state index in [0.29, 0.717) is 34.1 Å². The summed E-state index contributed by atoms with van der Waals surface area (Å²) in [5, 5.41) is 13.6. The predicted molar refractivity (Wildman–Crippen MR) is 77.2 cm³/mol. The molecule has 0 spiro atoms. The van der Waals surface area contributed by atoms with Gasteiger partial charge in [0.25, 0.3) is 0 Å². The highest BCUT2D eigenvalue weighted by Crippen LogP contribution is 2.43. The molecule has 1 N–H and O–H groups in total. The van der Waals surface area contributed by atoms with Gasteiger partial charge in [-0.2, -0.15) is 0 Å². The number of ether oxygens (including phenoxy) is 1. The number of hydrogen-bond acceptors (Lipinski definition) is 5. The van der Waals surface area contributed by atoms with Crippen LogP contribution in [0.5, 0.6) is 5.75 Å². The molecule has 2 aromatic heterocycles. The molecule has 0 fully saturated rings. The second-order valence-corrected chi connectivity index (χ2v) is 4.54. The molecule has 0 aliphatic rings. The molecule has 0 unspecified atom stereocenters. The quantitative estimate of drug-likeness (QED) is 0.313. The molecular formula is C14H11N3O5. The Morgan fingerprint density at radius 2 is 1.91 bits per heavy atom. The van der Waals surface area contributed by atoms with Crippen molar-refractivity contribution in [3.05, 3.63) is 35.1 Å². The zero-order chi connectivity index (χ0) is 15.5. The van der Waals surface area contributed by atoms with Gasteiger partial charge in [-0.1, -0.05) is 5.11 Å². The standard InChI is InChI=1S/C14H11N3O5/c15-17-16-11-13-8(3-6-21-13)12(9-4-7-22-14(9)11)20-5-1-2-10(18)19/h3-4,6-7H,1-2,5H2,(H,18,19). The largest absolute Gasteiger partial charge is 0.492 e. The minimum atomic E-state index is -0.871. The molecule has 8 nitrogen and oxygen atoms in total. The highest BCUT2D eigenvalue weighted by Gasteiger charge is 2.19. The molecule has 0 saturated heterocycles. The molecule has 0 aliphatic carbocycles. The Hall–Kier alpha value is -3.12. The van der Waals surface area contributed by atoms with Gasteiger partial charge in [0, 0.05) is 11.3 Å². The van der Waals surface area contributed by atoms with Crippen molar-refractivity contribution in [2.45, 2.75) is 12.8 Å². The number of aliphatic carboxylic acids is 1. The Morgan fingerprint density at radius 1 is 1.27 bits per heavy atom. The van der Waals surface area contributed by atoms with E-state index in [9.17, 15) is 4.79 Å². The normalized spacial score (nSPS) is 10.7. The average Bonchev–Trinajstić information content (AvgIpc) is 3.14. The van der Waals surface area contributed by atoms with Crippen molar-refractivity contribution >= 4 is 33.6 Å². The molecule has 2 heterocycles. The number of carboxylic acids is 1. The summed E-state index contributed by atoms with van der Waals surface area (Å²) in [4.78, 5) is 13.3. The Morgan fingerprint density at radius 3 is 2.45 bits per heavy atom. The van der Waals surface area contributed by atoms with E-state index in [4.69, 9.17) is 24.2 Å². The van der Waals surface area contributed by atoms with Crippen LogP contribution in [0.15, 0.2) is 38.6 Å². The molecule has 0 radical (unpaired) electrons. The Labute approximate surface area is 123 Å². The number of benzene rings is 1. The number of fused-ring (bicyclic) bond motifs is 2. The topological polar surface area (TPSA) is 122 Å². The van der Waals surface area contributed by atoms with E-state index in [1.165, 1.54) is 12.5 Å². The first-order chi connectivity index (χ1) is 10.7. The lowest BCUT2D eigenvalue weighted by Gasteiger charge is -2.09. The van der Waals surface area contributed by atoms with Crippen molar-refractivity contribution in [1.82, 2.24) is 0 Å². The predicted octanol–water partition coefficient (Wildman–Crippen LogP) is 4.36. The van der Waals surface area contributed by atoms with Crippen LogP contribution in [-0.2, 0) is 4.79 Å². The zero-order valence-electron chi connectivity index (χ0n) is 11.4. The molecule has 22 heavy (non-hydrogen) atoms. The fourth-order valence-electron chi connectivity index (χ4n) is 2.28. The van der Waals surface area contributed by atoms with Crippen LogP contribution in [-0.4, -0.2) is 17.7 Å². The third-order valence-electron chi connectivity index (χ3n) is 3.18. The summed E-state index contributed by atoms with van der Waals surface area (Å²) in [5.74, 6) is -0.348. The van der Waals surface area contributed by atoms with Crippen molar-refractivity contribution in [2.24, 2.45) is 5.11 Å². The van der Waals surface area contributed by atoms with Crippen LogP contribution in [0.1, 0.15) is 12.8 Å². The van der Waals surface area contributed by atoms with Crippen LogP contribution in [0.4, 0.5) is 5.69 Å². The summed E-state index contributed by atoms with van der Waals surface area (Å²) < 4.78 is 16.4. The van der Waals surface area contributed by atoms with Crippen LogP contribution in [0.2, 0.25) is 0 Å². The van der Waals surface area contributed by atoms with Crippen molar-refractivity contribution in [3.63, 3.8) is 0 Å². The second-order valence-electron chi connectivity index (χ2n) is 4.54. The second kappa shape index (κ2) is 5.71. The number of rotatable bonds is 6. The number of carbonyl (C=O) groups is 1. The molecule has 0 saturated carbocycles. The lowest BCUT2D eigenvalue weighted by atomic mass is 10.1. The van der Waals surface area contributed by atoms with Crippen molar-refractivity contribution in [3.8, 4) is 5.75 Å². The number of hydrogen-bond donors (Lipinski definition) is 1. The minimum Gasteiger partial charge on any atom is -0.492 e. The van der Waals surface area contributed by atoms with Gasteiger partial charge in [-0.3, -0.25) is 4.79 Å². The van der Waals surface area contributed by atoms with E-state index in [0.717, 1.165) is 0 Å². The molecule has 8 heteroatoms. The van der Waals surface area contributed by atoms with E-state index in [2.05, 4.69) is 10.0 Å². The molecule has 112 valence electrons. The van der Waals surface area contributed by atoms with Crippen LogP contribution in [0, 0.1) is 0 Å². The third-order valence-corrected chi connectivity index (χ3v) is 3.18. The summed E-state index contributed by atoms with van der Waals surface area (Å²) in [7, 11) is 0. The van der Waals surface area contributed by atoms with Gasteiger partial charge in [-0.25, -0.2) is 0 Å². The van der Waals surface area contributed by atoms with Gasteiger partial charge < -0.3 is 18.7 Å². The van der Waals surface area contributed by atoms with Gasteiger partial charge in [0.2, 0.25) is 0 Å². The lowest BCUT2D eigenvalue weighted by Crippen LogP contribution is -2.02. The van der Waals surface area contributed by atoms with E-state index in [-0.39, 0.29) is 18.7 Å². The van der Waals surface area contributed by atoms with Gasteiger partial charge in [0.05, 0.1) is 29.9 Å². The lowest BCUT2D eigenvalue weighted by molar-refractivity contribution is -0.137. The Balaban J connectivity index is 2.06. The third kappa shape index (κ3) is 2.32. The van der Waals surface area contributed by atoms with Gasteiger partial charge in [-0.15, -0.1) is 0 Å². The van der Waals surface area contributed by atoms with Crippen molar-refractivity contribution in [1.29, 1.82) is 0 Å². The fourth-order valence-corrected chi connectivity index (χ4v) is 2.28. The van der Waals surface area contributed by atoms with Crippen LogP contribution in [0.3, 0.4) is 0 Å². The smallest absolute Gasteiger partial charge is 0.303 e. The monoisotopic (exact) mass is 301 g/mol. The molecule has 0 aliphatic heterocycles. The van der Waals surface area contributed by atoms with E-state index >= 15 is 0 Å². The SMILES string of the molecule is [N-]=[N+]=Nc1c2occc2c(OCCCC(=O)O)c2ccoc12. The Kier molecular flexibility index (Phi) is 3.59. The first kappa shape index (κ1) is 13.8. The number of furan rings is 2. The Bertz CT molecular complexity index is 837. The van der Waals surface area contributed by atoms with Crippen LogP contribution >= 0.6 is 0 Å². The summed E-state index contributed by atoms with van der Waals surface area (Å²) in [6.07, 6.45) is 3.33. The maximum atomic E-state index is 10.5. The zero-order valence-corrected chi connectivity index (χ0v) is 11.4. The van der Waals surface area contributed by atoms with Crippen molar-refractivity contribution in [2.75, 3.05) is 6.61 Å². The minimum absolute atomic E-state index is 0.0276. The molecule has 0 bridgehead atoms. The highest BCUT2D eigenvalue weighted by molar-refractivity contribution is 6.10. The average molecular weight is 301 g/mol. The first-order valence-electron chi connectivity index (χ1n) is 6.52. The summed E-state index contributed by atoms with van der Waals surface area (Å²) in [6.45, 7) is 0.244. The molecule has 1 aromatic carbocycles. The number of azide groups is 1. The van der Waals surface area contributed by atoms with Gasteiger partial charge in [-0.05, 0) is 24.1 Å². The van der Waals surface area contributed by atoms with E-state index in [1.807, 2.05) is 0 Å². The van der Waals surface area contributed by atoms with Crippen molar-refractivity contribution < 1.29 is 23.5 Å². The summed E-state index contributed by atoms with van der Waals surface area (Å²) in [5.41, 5.74) is 9.70. The molecule has 0 amide bonds.